The van der Waals surface area contributed by atoms with E-state index in [2.05, 4.69) is 13.8 Å². The maximum Gasteiger partial charge on any atom is 0.306 e. The average Bonchev–Trinajstić information content (AvgIpc) is 2.95. The molecule has 3 saturated carbocycles. The van der Waals surface area contributed by atoms with Crippen LogP contribution in [0.25, 0.3) is 0 Å². The minimum absolute atomic E-state index is 0.0172. The first-order valence-corrected chi connectivity index (χ1v) is 11.1. The molecule has 0 aromatic heterocycles. The van der Waals surface area contributed by atoms with Crippen LogP contribution in [0.2, 0.25) is 0 Å². The second-order valence-electron chi connectivity index (χ2n) is 10.2. The Hall–Kier alpha value is -1.45. The number of carbonyl (C=O) groups excluding carboxylic acids is 3. The summed E-state index contributed by atoms with van der Waals surface area (Å²) in [5, 5.41) is 0. The maximum atomic E-state index is 12.8. The number of ketones is 2. The molecule has 0 amide bonds. The highest BCUT2D eigenvalue weighted by Crippen LogP contribution is 2.68. The summed E-state index contributed by atoms with van der Waals surface area (Å²) in [6.07, 6.45) is 9.56. The van der Waals surface area contributed by atoms with Gasteiger partial charge in [-0.15, -0.1) is 0 Å². The molecule has 6 atom stereocenters. The van der Waals surface area contributed by atoms with Crippen molar-refractivity contribution in [2.24, 2.45) is 28.6 Å². The Morgan fingerprint density at radius 3 is 2.46 bits per heavy atom. The highest BCUT2D eigenvalue weighted by molar-refractivity contribution is 5.91. The fraction of sp³-hybridized carbons (Fsp3) is 0.792. The van der Waals surface area contributed by atoms with Gasteiger partial charge in [-0.2, -0.15) is 0 Å². The zero-order valence-electron chi connectivity index (χ0n) is 17.8. The van der Waals surface area contributed by atoms with Gasteiger partial charge in [-0.3, -0.25) is 14.4 Å². The predicted octanol–water partition coefficient (Wildman–Crippen LogP) is 4.80. The molecule has 0 heterocycles. The lowest BCUT2D eigenvalue weighted by molar-refractivity contribution is -0.188. The van der Waals surface area contributed by atoms with Gasteiger partial charge in [-0.1, -0.05) is 26.3 Å². The highest BCUT2D eigenvalue weighted by Gasteiger charge is 2.67. The molecule has 0 bridgehead atoms. The molecule has 4 aliphatic rings. The van der Waals surface area contributed by atoms with E-state index in [-0.39, 0.29) is 28.4 Å². The summed E-state index contributed by atoms with van der Waals surface area (Å²) in [5.74, 6) is 1.58. The smallest absolute Gasteiger partial charge is 0.306 e. The Kier molecular flexibility index (Phi) is 4.63. The van der Waals surface area contributed by atoms with Crippen molar-refractivity contribution in [2.45, 2.75) is 91.1 Å². The van der Waals surface area contributed by atoms with Gasteiger partial charge in [-0.05, 0) is 81.1 Å². The monoisotopic (exact) mass is 386 g/mol. The fourth-order valence-electron chi connectivity index (χ4n) is 7.64. The standard InChI is InChI=1S/C24H34O4/c1-5-21(27)28-24(15(2)25)13-10-20-18-7-6-16-14-17(26)8-11-22(16,3)19(18)9-12-23(20,24)4/h14,18-20H,5-13H2,1-4H3/t18-,19+,20+,22+,23+,24+/m1/s1. The molecule has 154 valence electrons. The molecule has 4 aliphatic carbocycles. The summed E-state index contributed by atoms with van der Waals surface area (Å²) < 4.78 is 5.96. The topological polar surface area (TPSA) is 60.4 Å². The quantitative estimate of drug-likeness (QED) is 0.654. The Balaban J connectivity index is 1.69. The van der Waals surface area contributed by atoms with E-state index in [1.165, 1.54) is 5.57 Å². The number of esters is 1. The van der Waals surface area contributed by atoms with Gasteiger partial charge < -0.3 is 4.74 Å². The van der Waals surface area contributed by atoms with Crippen LogP contribution in [0.5, 0.6) is 0 Å². The second kappa shape index (κ2) is 6.53. The summed E-state index contributed by atoms with van der Waals surface area (Å²) in [7, 11) is 0. The first kappa shape index (κ1) is 19.8. The van der Waals surface area contributed by atoms with E-state index in [0.717, 1.165) is 38.5 Å². The molecule has 0 radical (unpaired) electrons. The Morgan fingerprint density at radius 1 is 1.07 bits per heavy atom. The summed E-state index contributed by atoms with van der Waals surface area (Å²) >= 11 is 0. The number of fused-ring (bicyclic) bond motifs is 5. The minimum atomic E-state index is -0.949. The van der Waals surface area contributed by atoms with Crippen LogP contribution in [-0.2, 0) is 19.1 Å². The van der Waals surface area contributed by atoms with E-state index >= 15 is 0 Å². The largest absolute Gasteiger partial charge is 0.450 e. The van der Waals surface area contributed by atoms with Crippen molar-refractivity contribution in [3.05, 3.63) is 11.6 Å². The van der Waals surface area contributed by atoms with E-state index in [4.69, 9.17) is 4.74 Å². The van der Waals surface area contributed by atoms with Crippen LogP contribution in [0.15, 0.2) is 11.6 Å². The van der Waals surface area contributed by atoms with Crippen LogP contribution < -0.4 is 0 Å². The lowest BCUT2D eigenvalue weighted by atomic mass is 9.46. The van der Waals surface area contributed by atoms with Crippen molar-refractivity contribution < 1.29 is 19.1 Å². The SMILES string of the molecule is CCC(=O)O[C@]1(C(C)=O)CC[C@H]2[C@@H]3CCC4=CC(=O)CC[C@]4(C)[C@H]3CC[C@@]21C. The van der Waals surface area contributed by atoms with E-state index in [9.17, 15) is 14.4 Å². The van der Waals surface area contributed by atoms with Gasteiger partial charge in [0.05, 0.1) is 0 Å². The number of allylic oxidation sites excluding steroid dienone is 1. The molecule has 3 fully saturated rings. The highest BCUT2D eigenvalue weighted by atomic mass is 16.6. The number of rotatable bonds is 3. The predicted molar refractivity (Wildman–Crippen MR) is 107 cm³/mol. The molecule has 4 nitrogen and oxygen atoms in total. The van der Waals surface area contributed by atoms with Gasteiger partial charge in [0.2, 0.25) is 0 Å². The molecule has 0 saturated heterocycles. The lowest BCUT2D eigenvalue weighted by Crippen LogP contribution is -2.58. The number of Topliss-reactive ketones (excluding diaryl/α,β-unsaturated/α-hetero) is 1. The zero-order chi connectivity index (χ0) is 20.3. The van der Waals surface area contributed by atoms with Gasteiger partial charge in [0.25, 0.3) is 0 Å². The number of hydrogen-bond acceptors (Lipinski definition) is 4. The van der Waals surface area contributed by atoms with Gasteiger partial charge in [0.15, 0.2) is 17.2 Å². The second-order valence-corrected chi connectivity index (χ2v) is 10.2. The Labute approximate surface area is 168 Å². The zero-order valence-corrected chi connectivity index (χ0v) is 17.8. The van der Waals surface area contributed by atoms with Crippen molar-refractivity contribution in [2.75, 3.05) is 0 Å². The maximum absolute atomic E-state index is 12.8. The number of hydrogen-bond donors (Lipinski definition) is 0. The molecule has 0 aliphatic heterocycles. The molecule has 28 heavy (non-hydrogen) atoms. The van der Waals surface area contributed by atoms with Gasteiger partial charge in [-0.25, -0.2) is 0 Å². The first-order valence-electron chi connectivity index (χ1n) is 11.1. The molecular formula is C24H34O4. The Morgan fingerprint density at radius 2 is 1.79 bits per heavy atom. The van der Waals surface area contributed by atoms with Crippen LogP contribution >= 0.6 is 0 Å². The Bertz CT molecular complexity index is 752. The molecule has 0 spiro atoms. The molecule has 0 aromatic rings. The van der Waals surface area contributed by atoms with Crippen LogP contribution in [-0.4, -0.2) is 23.1 Å². The minimum Gasteiger partial charge on any atom is -0.450 e. The summed E-state index contributed by atoms with van der Waals surface area (Å²) in [4.78, 5) is 37.1. The number of carbonyl (C=O) groups is 3. The summed E-state index contributed by atoms with van der Waals surface area (Å²) in [5.41, 5.74) is 0.267. The lowest BCUT2D eigenvalue weighted by Gasteiger charge is -2.59. The molecular weight excluding hydrogens is 352 g/mol. The first-order chi connectivity index (χ1) is 13.2. The van der Waals surface area contributed by atoms with E-state index in [1.807, 2.05) is 6.08 Å². The molecule has 0 N–H and O–H groups in total. The van der Waals surface area contributed by atoms with Gasteiger partial charge >= 0.3 is 5.97 Å². The van der Waals surface area contributed by atoms with E-state index < -0.39 is 5.60 Å². The van der Waals surface area contributed by atoms with Gasteiger partial charge in [0.1, 0.15) is 0 Å². The van der Waals surface area contributed by atoms with E-state index in [0.29, 0.717) is 37.0 Å². The molecule has 4 heteroatoms. The average molecular weight is 387 g/mol. The van der Waals surface area contributed by atoms with E-state index in [1.54, 1.807) is 13.8 Å². The van der Waals surface area contributed by atoms with Crippen LogP contribution in [0.3, 0.4) is 0 Å². The molecule has 0 aromatic carbocycles. The summed E-state index contributed by atoms with van der Waals surface area (Å²) in [6, 6.07) is 0. The third-order valence-corrected chi connectivity index (χ3v) is 9.23. The van der Waals surface area contributed by atoms with Crippen LogP contribution in [0, 0.1) is 28.6 Å². The van der Waals surface area contributed by atoms with Crippen LogP contribution in [0.4, 0.5) is 0 Å². The fourth-order valence-corrected chi connectivity index (χ4v) is 7.64. The number of ether oxygens (including phenoxy) is 1. The summed E-state index contributed by atoms with van der Waals surface area (Å²) in [6.45, 7) is 7.98. The van der Waals surface area contributed by atoms with Crippen molar-refractivity contribution in [3.63, 3.8) is 0 Å². The van der Waals surface area contributed by atoms with Crippen molar-refractivity contribution >= 4 is 17.5 Å². The van der Waals surface area contributed by atoms with Gasteiger partial charge in [0, 0.05) is 18.3 Å². The van der Waals surface area contributed by atoms with Crippen LogP contribution in [0.1, 0.15) is 85.5 Å². The third kappa shape index (κ3) is 2.52. The normalized spacial score (nSPS) is 44.8. The molecule has 4 rings (SSSR count). The third-order valence-electron chi connectivity index (χ3n) is 9.23. The van der Waals surface area contributed by atoms with Crippen molar-refractivity contribution in [1.82, 2.24) is 0 Å². The van der Waals surface area contributed by atoms with Crippen molar-refractivity contribution in [3.8, 4) is 0 Å². The molecule has 0 unspecified atom stereocenters. The van der Waals surface area contributed by atoms with Crippen molar-refractivity contribution in [1.29, 1.82) is 0 Å².